The summed E-state index contributed by atoms with van der Waals surface area (Å²) in [6, 6.07) is 7.12. The van der Waals surface area contributed by atoms with Crippen LogP contribution in [0.25, 0.3) is 0 Å². The lowest BCUT2D eigenvalue weighted by Crippen LogP contribution is -2.36. The number of anilines is 2. The maximum Gasteiger partial charge on any atom is 0.262 e. The van der Waals surface area contributed by atoms with Crippen molar-refractivity contribution in [2.24, 2.45) is 5.92 Å². The Morgan fingerprint density at radius 1 is 1.15 bits per heavy atom. The lowest BCUT2D eigenvalue weighted by Gasteiger charge is -2.29. The first-order chi connectivity index (χ1) is 12.8. The fourth-order valence-electron chi connectivity index (χ4n) is 2.92. The van der Waals surface area contributed by atoms with Crippen LogP contribution in [-0.2, 0) is 14.8 Å². The van der Waals surface area contributed by atoms with Crippen LogP contribution in [0.5, 0.6) is 0 Å². The molecule has 2 aromatic rings. The Kier molecular flexibility index (Phi) is 4.59. The molecule has 4 rings (SSSR count). The van der Waals surface area contributed by atoms with E-state index in [0.717, 1.165) is 35.6 Å². The first-order valence-corrected chi connectivity index (χ1v) is 10.9. The Morgan fingerprint density at radius 2 is 1.93 bits per heavy atom. The minimum Gasteiger partial charge on any atom is -0.310 e. The van der Waals surface area contributed by atoms with Gasteiger partial charge < -0.3 is 4.90 Å². The van der Waals surface area contributed by atoms with Crippen LogP contribution in [-0.4, -0.2) is 26.6 Å². The lowest BCUT2D eigenvalue weighted by molar-refractivity contribution is -0.119. The highest BCUT2D eigenvalue weighted by molar-refractivity contribution is 7.99. The van der Waals surface area contributed by atoms with E-state index in [1.54, 1.807) is 22.7 Å². The molecule has 2 aromatic carbocycles. The Balaban J connectivity index is 1.67. The van der Waals surface area contributed by atoms with Crippen LogP contribution in [0.2, 0.25) is 0 Å². The maximum atomic E-state index is 13.8. The summed E-state index contributed by atoms with van der Waals surface area (Å²) >= 11 is 1.56. The molecule has 1 fully saturated rings. The van der Waals surface area contributed by atoms with E-state index in [-0.39, 0.29) is 22.4 Å². The van der Waals surface area contributed by atoms with E-state index in [9.17, 15) is 22.0 Å². The molecule has 0 bridgehead atoms. The van der Waals surface area contributed by atoms with Crippen molar-refractivity contribution in [2.45, 2.75) is 22.6 Å². The van der Waals surface area contributed by atoms with Gasteiger partial charge in [-0.3, -0.25) is 9.52 Å². The van der Waals surface area contributed by atoms with Crippen molar-refractivity contribution in [1.29, 1.82) is 0 Å². The van der Waals surface area contributed by atoms with E-state index in [1.165, 1.54) is 12.1 Å². The number of halogens is 2. The van der Waals surface area contributed by atoms with E-state index in [1.807, 2.05) is 0 Å². The number of nitrogens with one attached hydrogen (secondary N) is 1. The van der Waals surface area contributed by atoms with Gasteiger partial charge in [0, 0.05) is 29.2 Å². The van der Waals surface area contributed by atoms with Gasteiger partial charge in [-0.15, -0.1) is 11.8 Å². The van der Waals surface area contributed by atoms with Gasteiger partial charge in [-0.1, -0.05) is 0 Å². The number of hydrogen-bond acceptors (Lipinski definition) is 4. The Morgan fingerprint density at radius 3 is 2.63 bits per heavy atom. The van der Waals surface area contributed by atoms with E-state index >= 15 is 0 Å². The Bertz CT molecular complexity index is 1020. The Hall–Kier alpha value is -2.13. The second kappa shape index (κ2) is 6.79. The van der Waals surface area contributed by atoms with Crippen LogP contribution in [0.4, 0.5) is 20.2 Å². The van der Waals surface area contributed by atoms with Gasteiger partial charge in [-0.25, -0.2) is 17.2 Å². The molecule has 0 aromatic heterocycles. The molecule has 27 heavy (non-hydrogen) atoms. The minimum absolute atomic E-state index is 0.0173. The zero-order valence-corrected chi connectivity index (χ0v) is 15.7. The number of thioether (sulfide) groups is 1. The molecule has 5 nitrogen and oxygen atoms in total. The number of rotatable bonds is 4. The molecule has 0 spiro atoms. The number of sulfonamides is 1. The molecule has 9 heteroatoms. The number of fused-ring (bicyclic) bond motifs is 1. The average molecular weight is 410 g/mol. The van der Waals surface area contributed by atoms with Gasteiger partial charge in [0.2, 0.25) is 5.91 Å². The first kappa shape index (κ1) is 18.2. The van der Waals surface area contributed by atoms with Gasteiger partial charge in [0.05, 0.1) is 16.3 Å². The molecular weight excluding hydrogens is 394 g/mol. The average Bonchev–Trinajstić information content (AvgIpc) is 3.47. The molecular formula is C18H16F2N2O3S2. The summed E-state index contributed by atoms with van der Waals surface area (Å²) in [6.07, 6.45) is 1.72. The highest BCUT2D eigenvalue weighted by atomic mass is 32.2. The molecule has 1 saturated carbocycles. The standard InChI is InChI=1S/C18H16F2N2O3S2/c19-12-3-5-15(14(20)9-12)21-27(24,25)13-4-6-17-16(10-13)22(7-8-26-17)18(23)11-1-2-11/h3-6,9-11,21H,1-2,7-8H2. The van der Waals surface area contributed by atoms with Gasteiger partial charge in [-0.05, 0) is 43.2 Å². The predicted octanol–water partition coefficient (Wildman–Crippen LogP) is 3.61. The molecule has 0 atom stereocenters. The quantitative estimate of drug-likeness (QED) is 0.836. The summed E-state index contributed by atoms with van der Waals surface area (Å²) in [5, 5.41) is 0. The van der Waals surface area contributed by atoms with Crippen molar-refractivity contribution in [1.82, 2.24) is 0 Å². The Labute approximate surface area is 159 Å². The highest BCUT2D eigenvalue weighted by Gasteiger charge is 2.36. The van der Waals surface area contributed by atoms with Crippen molar-refractivity contribution < 1.29 is 22.0 Å². The summed E-state index contributed by atoms with van der Waals surface area (Å²) in [7, 11) is -4.10. The number of carbonyl (C=O) groups excluding carboxylic acids is 1. The lowest BCUT2D eigenvalue weighted by atomic mass is 10.2. The third-order valence-corrected chi connectivity index (χ3v) is 6.88. The van der Waals surface area contributed by atoms with E-state index < -0.39 is 21.7 Å². The molecule has 1 aliphatic carbocycles. The summed E-state index contributed by atoms with van der Waals surface area (Å²) in [5.74, 6) is -1.01. The van der Waals surface area contributed by atoms with Crippen molar-refractivity contribution in [2.75, 3.05) is 21.9 Å². The van der Waals surface area contributed by atoms with Gasteiger partial charge >= 0.3 is 0 Å². The predicted molar refractivity (Wildman–Crippen MR) is 99.4 cm³/mol. The molecule has 2 aliphatic rings. The van der Waals surface area contributed by atoms with Crippen molar-refractivity contribution in [3.63, 3.8) is 0 Å². The molecule has 0 unspecified atom stereocenters. The molecule has 0 radical (unpaired) electrons. The molecule has 1 aliphatic heterocycles. The summed E-state index contributed by atoms with van der Waals surface area (Å²) < 4.78 is 54.3. The fourth-order valence-corrected chi connectivity index (χ4v) is 4.98. The third-order valence-electron chi connectivity index (χ3n) is 4.47. The van der Waals surface area contributed by atoms with E-state index in [2.05, 4.69) is 4.72 Å². The maximum absolute atomic E-state index is 13.8. The number of carbonyl (C=O) groups is 1. The van der Waals surface area contributed by atoms with Crippen molar-refractivity contribution in [3.8, 4) is 0 Å². The SMILES string of the molecule is O=C(C1CC1)N1CCSc2ccc(S(=O)(=O)Nc3ccc(F)cc3F)cc21. The van der Waals surface area contributed by atoms with Crippen LogP contribution in [0.15, 0.2) is 46.2 Å². The molecule has 0 saturated heterocycles. The van der Waals surface area contributed by atoms with Crippen LogP contribution < -0.4 is 9.62 Å². The summed E-state index contributed by atoms with van der Waals surface area (Å²) in [5.41, 5.74) is 0.222. The largest absolute Gasteiger partial charge is 0.310 e. The fraction of sp³-hybridized carbons (Fsp3) is 0.278. The number of amides is 1. The minimum atomic E-state index is -4.10. The number of nitrogens with zero attached hydrogens (tertiary/aromatic N) is 1. The number of benzene rings is 2. The van der Waals surface area contributed by atoms with Gasteiger partial charge in [0.25, 0.3) is 10.0 Å². The van der Waals surface area contributed by atoms with Crippen LogP contribution >= 0.6 is 11.8 Å². The van der Waals surface area contributed by atoms with E-state index in [4.69, 9.17) is 0 Å². The van der Waals surface area contributed by atoms with Gasteiger partial charge in [-0.2, -0.15) is 0 Å². The van der Waals surface area contributed by atoms with Crippen molar-refractivity contribution >= 4 is 39.1 Å². The summed E-state index contributed by atoms with van der Waals surface area (Å²) in [6.45, 7) is 0.524. The monoisotopic (exact) mass is 410 g/mol. The normalized spacial score (nSPS) is 16.7. The van der Waals surface area contributed by atoms with Gasteiger partial charge in [0.15, 0.2) is 0 Å². The van der Waals surface area contributed by atoms with Crippen LogP contribution in [0.1, 0.15) is 12.8 Å². The van der Waals surface area contributed by atoms with Crippen LogP contribution in [0, 0.1) is 17.6 Å². The third kappa shape index (κ3) is 3.66. The zero-order chi connectivity index (χ0) is 19.2. The first-order valence-electron chi connectivity index (χ1n) is 8.41. The second-order valence-corrected chi connectivity index (χ2v) is 9.29. The van der Waals surface area contributed by atoms with Crippen LogP contribution in [0.3, 0.4) is 0 Å². The second-order valence-electron chi connectivity index (χ2n) is 6.47. The topological polar surface area (TPSA) is 66.5 Å². The molecule has 1 heterocycles. The zero-order valence-electron chi connectivity index (χ0n) is 14.1. The molecule has 1 amide bonds. The highest BCUT2D eigenvalue weighted by Crippen LogP contribution is 2.40. The molecule has 142 valence electrons. The van der Waals surface area contributed by atoms with E-state index in [0.29, 0.717) is 18.3 Å². The summed E-state index contributed by atoms with van der Waals surface area (Å²) in [4.78, 5) is 14.9. The van der Waals surface area contributed by atoms with Crippen molar-refractivity contribution in [3.05, 3.63) is 48.0 Å². The smallest absolute Gasteiger partial charge is 0.262 e. The van der Waals surface area contributed by atoms with Gasteiger partial charge in [0.1, 0.15) is 11.6 Å². The molecule has 1 N–H and O–H groups in total. The number of hydrogen-bond donors (Lipinski definition) is 1.